The van der Waals surface area contributed by atoms with Gasteiger partial charge in [-0.25, -0.2) is 9.18 Å². The Labute approximate surface area is 33.6 Å². The summed E-state index contributed by atoms with van der Waals surface area (Å²) in [4.78, 5) is 9.20. The van der Waals surface area contributed by atoms with Crippen molar-refractivity contribution in [2.45, 2.75) is 6.30 Å². The van der Waals surface area contributed by atoms with E-state index in [9.17, 15) is 9.18 Å². The van der Waals surface area contributed by atoms with Crippen molar-refractivity contribution in [1.29, 1.82) is 0 Å². The average Bonchev–Trinajstić information content (AvgIpc) is 1.36. The Bertz CT molecular complexity index is 62.6. The van der Waals surface area contributed by atoms with Gasteiger partial charge in [0.25, 0.3) is 0 Å². The van der Waals surface area contributed by atoms with E-state index >= 15 is 0 Å². The Morgan fingerprint density at radius 2 is 2.17 bits per heavy atom. The molecule has 0 aliphatic heterocycles. The summed E-state index contributed by atoms with van der Waals surface area (Å²) in [6.07, 6.45) is -2.23. The lowest BCUT2D eigenvalue weighted by molar-refractivity contribution is -0.142. The van der Waals surface area contributed by atoms with E-state index in [1.807, 2.05) is 0 Å². The van der Waals surface area contributed by atoms with Crippen molar-refractivity contribution in [2.24, 2.45) is 5.73 Å². The molecule has 0 saturated heterocycles. The molecule has 3 nitrogen and oxygen atoms in total. The van der Waals surface area contributed by atoms with E-state index in [2.05, 4.69) is 5.73 Å². The zero-order valence-electron chi connectivity index (χ0n) is 2.89. The molecule has 0 radical (unpaired) electrons. The van der Waals surface area contributed by atoms with Gasteiger partial charge in [0.15, 0.2) is 0 Å². The number of halogens is 1. The Morgan fingerprint density at radius 1 is 2.00 bits per heavy atom. The largest absolute Gasteiger partial charge is 0.478 e. The van der Waals surface area contributed by atoms with Crippen LogP contribution in [0.2, 0.25) is 0 Å². The van der Waals surface area contributed by atoms with Crippen molar-refractivity contribution < 1.29 is 14.3 Å². The number of alkyl halides is 1. The zero-order valence-corrected chi connectivity index (χ0v) is 2.89. The number of rotatable bonds is 1. The molecular formula is C2H4FNO2. The van der Waals surface area contributed by atoms with E-state index in [4.69, 9.17) is 5.11 Å². The molecule has 0 unspecified atom stereocenters. The second-order valence-electron chi connectivity index (χ2n) is 0.740. The van der Waals surface area contributed by atoms with Gasteiger partial charge in [-0.2, -0.15) is 0 Å². The molecule has 0 bridgehead atoms. The average molecular weight is 93.1 g/mol. The molecule has 0 aliphatic rings. The lowest BCUT2D eigenvalue weighted by Crippen LogP contribution is -2.23. The van der Waals surface area contributed by atoms with Crippen LogP contribution in [0.5, 0.6) is 0 Å². The minimum atomic E-state index is -2.23. The minimum Gasteiger partial charge on any atom is -0.478 e. The lowest BCUT2D eigenvalue weighted by Gasteiger charge is -1.86. The molecule has 0 rings (SSSR count). The maximum atomic E-state index is 11.0. The van der Waals surface area contributed by atoms with Gasteiger partial charge in [-0.15, -0.1) is 0 Å². The van der Waals surface area contributed by atoms with Gasteiger partial charge in [0.05, 0.1) is 0 Å². The highest BCUT2D eigenvalue weighted by molar-refractivity contribution is 5.71. The summed E-state index contributed by atoms with van der Waals surface area (Å²) in [5.74, 6) is -1.63. The van der Waals surface area contributed by atoms with Crippen molar-refractivity contribution in [3.63, 3.8) is 0 Å². The summed E-state index contributed by atoms with van der Waals surface area (Å²) in [5.41, 5.74) is 4.17. The monoisotopic (exact) mass is 93.0 g/mol. The molecule has 36 valence electrons. The molecule has 0 spiro atoms. The smallest absolute Gasteiger partial charge is 0.353 e. The van der Waals surface area contributed by atoms with Crippen LogP contribution in [0.4, 0.5) is 4.39 Å². The highest BCUT2D eigenvalue weighted by Crippen LogP contribution is 1.73. The SMILES string of the molecule is N[C@@H](F)C(=O)O. The maximum absolute atomic E-state index is 11.0. The normalized spacial score (nSPS) is 13.7. The first-order valence-corrected chi connectivity index (χ1v) is 1.27. The lowest BCUT2D eigenvalue weighted by atomic mass is 10.7. The van der Waals surface area contributed by atoms with Gasteiger partial charge in [0.2, 0.25) is 6.30 Å². The molecule has 0 amide bonds. The summed E-state index contributed by atoms with van der Waals surface area (Å²) >= 11 is 0. The summed E-state index contributed by atoms with van der Waals surface area (Å²) in [6.45, 7) is 0. The van der Waals surface area contributed by atoms with Crippen LogP contribution < -0.4 is 5.73 Å². The molecule has 0 aromatic heterocycles. The molecule has 4 heteroatoms. The van der Waals surface area contributed by atoms with Crippen LogP contribution in [-0.4, -0.2) is 17.4 Å². The van der Waals surface area contributed by atoms with Crippen LogP contribution in [0.1, 0.15) is 0 Å². The fourth-order valence-electron chi connectivity index (χ4n) is 0. The van der Waals surface area contributed by atoms with Crippen molar-refractivity contribution in [3.8, 4) is 0 Å². The first-order valence-electron chi connectivity index (χ1n) is 1.27. The Hall–Kier alpha value is -0.640. The Balaban J connectivity index is 3.26. The molecule has 1 atom stereocenters. The summed E-state index contributed by atoms with van der Waals surface area (Å²) in [7, 11) is 0. The van der Waals surface area contributed by atoms with Crippen molar-refractivity contribution in [1.82, 2.24) is 0 Å². The number of nitrogens with two attached hydrogens (primary N) is 1. The number of hydrogen-bond donors (Lipinski definition) is 2. The first kappa shape index (κ1) is 5.36. The van der Waals surface area contributed by atoms with Gasteiger partial charge < -0.3 is 5.11 Å². The number of carboxylic acid groups (broad SMARTS) is 1. The van der Waals surface area contributed by atoms with E-state index < -0.39 is 12.3 Å². The van der Waals surface area contributed by atoms with Gasteiger partial charge in [-0.3, -0.25) is 5.73 Å². The molecule has 6 heavy (non-hydrogen) atoms. The van der Waals surface area contributed by atoms with Crippen LogP contribution in [0.25, 0.3) is 0 Å². The molecule has 0 fully saturated rings. The predicted molar refractivity (Wildman–Crippen MR) is 16.7 cm³/mol. The quantitative estimate of drug-likeness (QED) is 0.422. The van der Waals surface area contributed by atoms with Gasteiger partial charge in [-0.1, -0.05) is 0 Å². The zero-order chi connectivity index (χ0) is 5.15. The van der Waals surface area contributed by atoms with E-state index in [0.717, 1.165) is 0 Å². The molecule has 0 saturated carbocycles. The maximum Gasteiger partial charge on any atom is 0.353 e. The summed E-state index contributed by atoms with van der Waals surface area (Å²) < 4.78 is 11.0. The van der Waals surface area contributed by atoms with Crippen molar-refractivity contribution in [2.75, 3.05) is 0 Å². The predicted octanol–water partition coefficient (Wildman–Crippen LogP) is -0.675. The Morgan fingerprint density at radius 3 is 2.17 bits per heavy atom. The molecule has 0 aromatic rings. The number of hydrogen-bond acceptors (Lipinski definition) is 2. The molecule has 0 heterocycles. The topological polar surface area (TPSA) is 63.3 Å². The van der Waals surface area contributed by atoms with E-state index in [-0.39, 0.29) is 0 Å². The molecule has 0 aromatic carbocycles. The standard InChI is InChI=1S/C2H4FNO2/c3-1(4)2(5)6/h1H,4H2,(H,5,6)/t1-/m1/s1. The van der Waals surface area contributed by atoms with Crippen LogP contribution >= 0.6 is 0 Å². The van der Waals surface area contributed by atoms with Crippen LogP contribution in [0.15, 0.2) is 0 Å². The second-order valence-corrected chi connectivity index (χ2v) is 0.740. The van der Waals surface area contributed by atoms with Crippen LogP contribution in [0, 0.1) is 0 Å². The number of carboxylic acids is 1. The van der Waals surface area contributed by atoms with Gasteiger partial charge in [-0.05, 0) is 0 Å². The van der Waals surface area contributed by atoms with Gasteiger partial charge in [0.1, 0.15) is 0 Å². The summed E-state index contributed by atoms with van der Waals surface area (Å²) in [5, 5.41) is 7.49. The third kappa shape index (κ3) is 1.66. The van der Waals surface area contributed by atoms with E-state index in [1.165, 1.54) is 0 Å². The van der Waals surface area contributed by atoms with Gasteiger partial charge >= 0.3 is 5.97 Å². The molecule has 3 N–H and O–H groups in total. The molecular weight excluding hydrogens is 89.0 g/mol. The Kier molecular flexibility index (Phi) is 1.53. The highest BCUT2D eigenvalue weighted by atomic mass is 19.1. The second kappa shape index (κ2) is 1.71. The van der Waals surface area contributed by atoms with Crippen molar-refractivity contribution >= 4 is 5.97 Å². The fraction of sp³-hybridized carbons (Fsp3) is 0.500. The van der Waals surface area contributed by atoms with Crippen LogP contribution in [0.3, 0.4) is 0 Å². The third-order valence-corrected chi connectivity index (χ3v) is 0.236. The minimum absolute atomic E-state index is 1.63. The fourth-order valence-corrected chi connectivity index (χ4v) is 0. The van der Waals surface area contributed by atoms with Crippen molar-refractivity contribution in [3.05, 3.63) is 0 Å². The van der Waals surface area contributed by atoms with E-state index in [1.54, 1.807) is 0 Å². The molecule has 0 aliphatic carbocycles. The first-order chi connectivity index (χ1) is 2.64. The van der Waals surface area contributed by atoms with Crippen LogP contribution in [-0.2, 0) is 4.79 Å². The van der Waals surface area contributed by atoms with Gasteiger partial charge in [0, 0.05) is 0 Å². The summed E-state index contributed by atoms with van der Waals surface area (Å²) in [6, 6.07) is 0. The highest BCUT2D eigenvalue weighted by Gasteiger charge is 2.05. The van der Waals surface area contributed by atoms with E-state index in [0.29, 0.717) is 0 Å². The number of aliphatic carboxylic acids is 1. The number of carbonyl (C=O) groups is 1. The third-order valence-electron chi connectivity index (χ3n) is 0.236.